The molecule has 4 nitrogen and oxygen atoms in total. The van der Waals surface area contributed by atoms with Gasteiger partial charge in [0.2, 0.25) is 0 Å². The van der Waals surface area contributed by atoms with Gasteiger partial charge < -0.3 is 9.64 Å². The van der Waals surface area contributed by atoms with Gasteiger partial charge in [-0.15, -0.1) is 0 Å². The van der Waals surface area contributed by atoms with Crippen LogP contribution in [0.5, 0.6) is 5.75 Å². The molecule has 0 amide bonds. The van der Waals surface area contributed by atoms with Crippen LogP contribution in [-0.4, -0.2) is 39.3 Å². The quantitative estimate of drug-likeness (QED) is 0.615. The smallest absolute Gasteiger partial charge is 0.126 e. The van der Waals surface area contributed by atoms with E-state index in [9.17, 15) is 0 Å². The van der Waals surface area contributed by atoms with Gasteiger partial charge in [0.05, 0.1) is 19.4 Å². The Bertz CT molecular complexity index is 576. The summed E-state index contributed by atoms with van der Waals surface area (Å²) in [7, 11) is 5.80. The zero-order valence-corrected chi connectivity index (χ0v) is 14.7. The Labute approximate surface area is 139 Å². The van der Waals surface area contributed by atoms with Crippen LogP contribution in [0.15, 0.2) is 41.1 Å². The monoisotopic (exact) mass is 316 g/mol. The van der Waals surface area contributed by atoms with Crippen molar-refractivity contribution < 1.29 is 9.57 Å². The summed E-state index contributed by atoms with van der Waals surface area (Å²) >= 11 is 0. The first kappa shape index (κ1) is 17.6. The third-order valence-corrected chi connectivity index (χ3v) is 4.03. The number of nitrogens with zero attached hydrogens (tertiary/aromatic N) is 1. The Morgan fingerprint density at radius 2 is 2.00 bits per heavy atom. The van der Waals surface area contributed by atoms with E-state index >= 15 is 0 Å². The second-order valence-corrected chi connectivity index (χ2v) is 6.17. The average molecular weight is 316 g/mol. The number of hydrogen-bond donors (Lipinski definition) is 1. The molecule has 0 saturated heterocycles. The third kappa shape index (κ3) is 5.12. The SMILES string of the molecule is COc1ccccc1C=C1CCCC(C)=C1NOCCN(C)C. The number of hydroxylamine groups is 1. The molecule has 4 heteroatoms. The number of methoxy groups -OCH3 is 1. The van der Waals surface area contributed by atoms with Crippen molar-refractivity contribution in [3.8, 4) is 5.75 Å². The van der Waals surface area contributed by atoms with E-state index in [1.165, 1.54) is 17.6 Å². The van der Waals surface area contributed by atoms with Gasteiger partial charge in [0.25, 0.3) is 0 Å². The number of nitrogens with one attached hydrogen (secondary N) is 1. The van der Waals surface area contributed by atoms with Crippen molar-refractivity contribution in [2.24, 2.45) is 0 Å². The van der Waals surface area contributed by atoms with Gasteiger partial charge in [0.1, 0.15) is 5.75 Å². The Kier molecular flexibility index (Phi) is 6.68. The molecule has 0 spiro atoms. The average Bonchev–Trinajstić information content (AvgIpc) is 2.54. The molecule has 0 saturated carbocycles. The molecule has 126 valence electrons. The first-order valence-corrected chi connectivity index (χ1v) is 8.18. The van der Waals surface area contributed by atoms with Crippen LogP contribution >= 0.6 is 0 Å². The van der Waals surface area contributed by atoms with Crippen molar-refractivity contribution in [1.82, 2.24) is 10.4 Å². The second-order valence-electron chi connectivity index (χ2n) is 6.17. The topological polar surface area (TPSA) is 33.7 Å². The van der Waals surface area contributed by atoms with Gasteiger partial charge in [-0.25, -0.2) is 0 Å². The third-order valence-electron chi connectivity index (χ3n) is 4.03. The molecule has 0 fully saturated rings. The van der Waals surface area contributed by atoms with Crippen molar-refractivity contribution in [2.75, 3.05) is 34.4 Å². The van der Waals surface area contributed by atoms with E-state index in [1.807, 2.05) is 32.3 Å². The summed E-state index contributed by atoms with van der Waals surface area (Å²) in [6.07, 6.45) is 5.55. The van der Waals surface area contributed by atoms with Gasteiger partial charge in [0.15, 0.2) is 0 Å². The lowest BCUT2D eigenvalue weighted by molar-refractivity contribution is 0.0525. The van der Waals surface area contributed by atoms with Crippen LogP contribution in [-0.2, 0) is 4.84 Å². The van der Waals surface area contributed by atoms with Gasteiger partial charge in [-0.2, -0.15) is 0 Å². The Hall–Kier alpha value is -1.78. The number of ether oxygens (including phenoxy) is 1. The number of hydrogen-bond acceptors (Lipinski definition) is 4. The molecule has 0 aromatic heterocycles. The Balaban J connectivity index is 2.15. The molecule has 2 rings (SSSR count). The standard InChI is InChI=1S/C19H28N2O2/c1-15-8-7-10-17(19(15)20-23-13-12-21(2)3)14-16-9-5-6-11-18(16)22-4/h5-6,9,11,14,20H,7-8,10,12-13H2,1-4H3. The summed E-state index contributed by atoms with van der Waals surface area (Å²) in [6.45, 7) is 3.73. The van der Waals surface area contributed by atoms with E-state index in [1.54, 1.807) is 7.11 Å². The van der Waals surface area contributed by atoms with Crippen molar-refractivity contribution in [2.45, 2.75) is 26.2 Å². The van der Waals surface area contributed by atoms with E-state index in [2.05, 4.69) is 29.4 Å². The number of para-hydroxylation sites is 1. The Morgan fingerprint density at radius 3 is 2.74 bits per heavy atom. The van der Waals surface area contributed by atoms with Crippen molar-refractivity contribution >= 4 is 6.08 Å². The second kappa shape index (κ2) is 8.75. The summed E-state index contributed by atoms with van der Waals surface area (Å²) in [5.74, 6) is 0.899. The highest BCUT2D eigenvalue weighted by Gasteiger charge is 2.15. The molecule has 0 radical (unpaired) electrons. The van der Waals surface area contributed by atoms with E-state index in [-0.39, 0.29) is 0 Å². The summed E-state index contributed by atoms with van der Waals surface area (Å²) in [5.41, 5.74) is 8.04. The zero-order chi connectivity index (χ0) is 16.7. The van der Waals surface area contributed by atoms with E-state index in [4.69, 9.17) is 9.57 Å². The van der Waals surface area contributed by atoms with E-state index in [0.29, 0.717) is 6.61 Å². The van der Waals surface area contributed by atoms with Crippen molar-refractivity contribution in [3.63, 3.8) is 0 Å². The molecule has 0 aliphatic heterocycles. The summed E-state index contributed by atoms with van der Waals surface area (Å²) in [5, 5.41) is 0. The minimum atomic E-state index is 0.658. The largest absolute Gasteiger partial charge is 0.496 e. The van der Waals surface area contributed by atoms with Gasteiger partial charge in [-0.3, -0.25) is 10.3 Å². The molecule has 0 heterocycles. The predicted molar refractivity (Wildman–Crippen MR) is 95.2 cm³/mol. The van der Waals surface area contributed by atoms with Crippen molar-refractivity contribution in [3.05, 3.63) is 46.7 Å². The number of likely N-dealkylation sites (N-methyl/N-ethyl adjacent to an activating group) is 1. The lowest BCUT2D eigenvalue weighted by Crippen LogP contribution is -2.25. The minimum Gasteiger partial charge on any atom is -0.496 e. The first-order chi connectivity index (χ1) is 11.1. The van der Waals surface area contributed by atoms with Crippen molar-refractivity contribution in [1.29, 1.82) is 0 Å². The van der Waals surface area contributed by atoms with Crippen LogP contribution in [0.4, 0.5) is 0 Å². The molecular formula is C19H28N2O2. The molecule has 23 heavy (non-hydrogen) atoms. The van der Waals surface area contributed by atoms with Gasteiger partial charge in [-0.1, -0.05) is 18.2 Å². The molecule has 0 bridgehead atoms. The molecule has 0 atom stereocenters. The van der Waals surface area contributed by atoms with Crippen LogP contribution in [0, 0.1) is 0 Å². The van der Waals surface area contributed by atoms with Gasteiger partial charge in [0, 0.05) is 12.1 Å². The van der Waals surface area contributed by atoms with E-state index in [0.717, 1.165) is 36.4 Å². The molecule has 1 N–H and O–H groups in total. The van der Waals surface area contributed by atoms with E-state index < -0.39 is 0 Å². The molecular weight excluding hydrogens is 288 g/mol. The predicted octanol–water partition coefficient (Wildman–Crippen LogP) is 3.62. The zero-order valence-electron chi connectivity index (χ0n) is 14.7. The molecule has 1 aliphatic carbocycles. The highest BCUT2D eigenvalue weighted by Crippen LogP contribution is 2.31. The fraction of sp³-hybridized carbons (Fsp3) is 0.474. The fourth-order valence-electron chi connectivity index (χ4n) is 2.69. The molecule has 1 aliphatic rings. The first-order valence-electron chi connectivity index (χ1n) is 8.18. The van der Waals surface area contributed by atoms with Crippen LogP contribution in [0.3, 0.4) is 0 Å². The minimum absolute atomic E-state index is 0.658. The van der Waals surface area contributed by atoms with Gasteiger partial charge in [-0.05, 0) is 63.6 Å². The highest BCUT2D eigenvalue weighted by molar-refractivity contribution is 5.64. The fourth-order valence-corrected chi connectivity index (χ4v) is 2.69. The summed E-state index contributed by atoms with van der Waals surface area (Å²) in [6, 6.07) is 8.11. The molecule has 1 aromatic rings. The normalized spacial score (nSPS) is 17.0. The van der Waals surface area contributed by atoms with Crippen LogP contribution in [0.25, 0.3) is 6.08 Å². The highest BCUT2D eigenvalue weighted by atomic mass is 16.6. The molecule has 0 unspecified atom stereocenters. The lowest BCUT2D eigenvalue weighted by atomic mass is 9.91. The maximum absolute atomic E-state index is 5.66. The lowest BCUT2D eigenvalue weighted by Gasteiger charge is -2.23. The number of rotatable bonds is 7. The maximum atomic E-state index is 5.66. The number of allylic oxidation sites excluding steroid dienone is 2. The maximum Gasteiger partial charge on any atom is 0.126 e. The summed E-state index contributed by atoms with van der Waals surface area (Å²) in [4.78, 5) is 7.76. The van der Waals surface area contributed by atoms with Crippen LogP contribution < -0.4 is 10.2 Å². The number of benzene rings is 1. The molecule has 1 aromatic carbocycles. The summed E-state index contributed by atoms with van der Waals surface area (Å²) < 4.78 is 5.46. The van der Waals surface area contributed by atoms with Gasteiger partial charge >= 0.3 is 0 Å². The Morgan fingerprint density at radius 1 is 1.22 bits per heavy atom. The van der Waals surface area contributed by atoms with Crippen LogP contribution in [0.1, 0.15) is 31.7 Å². The van der Waals surface area contributed by atoms with Crippen LogP contribution in [0.2, 0.25) is 0 Å².